The highest BCUT2D eigenvalue weighted by atomic mass is 16.7. The van der Waals surface area contributed by atoms with Crippen LogP contribution >= 0.6 is 0 Å². The number of hydrogen-bond donors (Lipinski definition) is 7. The van der Waals surface area contributed by atoms with Gasteiger partial charge in [0.25, 0.3) is 0 Å². The minimum atomic E-state index is -1.72. The van der Waals surface area contributed by atoms with E-state index in [0.29, 0.717) is 19.4 Å². The molecule has 2 rings (SSSR count). The molecule has 0 radical (unpaired) electrons. The van der Waals surface area contributed by atoms with Crippen LogP contribution < -0.4 is 0 Å². The summed E-state index contributed by atoms with van der Waals surface area (Å²) >= 11 is 0. The van der Waals surface area contributed by atoms with Crippen LogP contribution in [0.1, 0.15) is 90.9 Å². The summed E-state index contributed by atoms with van der Waals surface area (Å²) in [4.78, 5) is 12.7. The summed E-state index contributed by atoms with van der Waals surface area (Å²) in [5.41, 5.74) is 0. The van der Waals surface area contributed by atoms with E-state index in [4.69, 9.17) is 28.4 Å². The van der Waals surface area contributed by atoms with Crippen LogP contribution in [0.5, 0.6) is 0 Å². The molecule has 14 heteroatoms. The molecule has 11 atom stereocenters. The van der Waals surface area contributed by atoms with Crippen LogP contribution in [-0.4, -0.2) is 142 Å². The number of carbonyl (C=O) groups is 1. The van der Waals surface area contributed by atoms with Gasteiger partial charge in [-0.25, -0.2) is 0 Å². The van der Waals surface area contributed by atoms with Crippen LogP contribution in [0.15, 0.2) is 60.8 Å². The normalized spacial score (nSPS) is 29.8. The van der Waals surface area contributed by atoms with Gasteiger partial charge in [0.2, 0.25) is 0 Å². The number of aliphatic hydroxyl groups excluding tert-OH is 7. The van der Waals surface area contributed by atoms with Gasteiger partial charge >= 0.3 is 5.97 Å². The van der Waals surface area contributed by atoms with Crippen molar-refractivity contribution in [1.29, 1.82) is 0 Å². The summed E-state index contributed by atoms with van der Waals surface area (Å²) in [5, 5.41) is 71.5. The van der Waals surface area contributed by atoms with Crippen molar-refractivity contribution in [2.75, 3.05) is 33.0 Å². The number of rotatable bonds is 28. The van der Waals surface area contributed by atoms with E-state index in [1.54, 1.807) is 0 Å². The van der Waals surface area contributed by atoms with Crippen LogP contribution in [0.25, 0.3) is 0 Å². The average molecular weight is 785 g/mol. The minimum Gasteiger partial charge on any atom is -0.457 e. The van der Waals surface area contributed by atoms with Crippen molar-refractivity contribution in [3.8, 4) is 0 Å². The van der Waals surface area contributed by atoms with Crippen molar-refractivity contribution >= 4 is 5.97 Å². The molecule has 7 N–H and O–H groups in total. The third-order valence-electron chi connectivity index (χ3n) is 9.06. The molecule has 0 spiro atoms. The SMILES string of the molecule is CC/C=C\C/C=C\C/C=C\C/C=C\C/C=C\CCOCC(COC1OC(COC2OC(CO)C(O)C(O)C2O)C(O)C(O)C1O)OC(=O)CCCCCCC. The Kier molecular flexibility index (Phi) is 26.5. The Morgan fingerprint density at radius 3 is 1.73 bits per heavy atom. The monoisotopic (exact) mass is 784 g/mol. The minimum absolute atomic E-state index is 0.00389. The predicted molar refractivity (Wildman–Crippen MR) is 206 cm³/mol. The van der Waals surface area contributed by atoms with Gasteiger partial charge in [-0.15, -0.1) is 0 Å². The zero-order valence-electron chi connectivity index (χ0n) is 32.6. The fourth-order valence-electron chi connectivity index (χ4n) is 5.76. The molecule has 2 aliphatic heterocycles. The maximum absolute atomic E-state index is 12.7. The topological polar surface area (TPSA) is 214 Å². The van der Waals surface area contributed by atoms with E-state index < -0.39 is 86.7 Å². The van der Waals surface area contributed by atoms with Gasteiger partial charge in [0.05, 0.1) is 33.0 Å². The zero-order valence-corrected chi connectivity index (χ0v) is 32.6. The predicted octanol–water partition coefficient (Wildman–Crippen LogP) is 3.06. The molecule has 2 saturated heterocycles. The molecule has 0 aromatic rings. The van der Waals surface area contributed by atoms with E-state index >= 15 is 0 Å². The Morgan fingerprint density at radius 1 is 0.618 bits per heavy atom. The molecular formula is C41H68O14. The second-order valence-electron chi connectivity index (χ2n) is 13.7. The zero-order chi connectivity index (χ0) is 40.3. The molecule has 0 aromatic carbocycles. The number of aliphatic hydroxyl groups is 7. The summed E-state index contributed by atoms with van der Waals surface area (Å²) in [6, 6.07) is 0. The van der Waals surface area contributed by atoms with Gasteiger partial charge in [-0.1, -0.05) is 100 Å². The number of ether oxygens (including phenoxy) is 6. The first-order chi connectivity index (χ1) is 26.6. The molecule has 0 aliphatic carbocycles. The highest BCUT2D eigenvalue weighted by molar-refractivity contribution is 5.69. The molecule has 0 saturated carbocycles. The summed E-state index contributed by atoms with van der Waals surface area (Å²) < 4.78 is 33.7. The third kappa shape index (κ3) is 19.6. The van der Waals surface area contributed by atoms with E-state index in [9.17, 15) is 40.5 Å². The van der Waals surface area contributed by atoms with Gasteiger partial charge in [0.1, 0.15) is 54.9 Å². The van der Waals surface area contributed by atoms with E-state index in [-0.39, 0.29) is 19.6 Å². The summed E-state index contributed by atoms with van der Waals surface area (Å²) in [6.45, 7) is 3.19. The number of unbranched alkanes of at least 4 members (excludes halogenated alkanes) is 4. The fourth-order valence-corrected chi connectivity index (χ4v) is 5.76. The lowest BCUT2D eigenvalue weighted by Crippen LogP contribution is -2.61. The Labute approximate surface area is 326 Å². The smallest absolute Gasteiger partial charge is 0.306 e. The Balaban J connectivity index is 1.84. The quantitative estimate of drug-likeness (QED) is 0.0345. The van der Waals surface area contributed by atoms with Crippen molar-refractivity contribution in [3.05, 3.63) is 60.8 Å². The maximum atomic E-state index is 12.7. The first kappa shape index (κ1) is 48.8. The van der Waals surface area contributed by atoms with Crippen LogP contribution in [0, 0.1) is 0 Å². The highest BCUT2D eigenvalue weighted by Crippen LogP contribution is 2.26. The molecule has 2 heterocycles. The third-order valence-corrected chi connectivity index (χ3v) is 9.06. The maximum Gasteiger partial charge on any atom is 0.306 e. The van der Waals surface area contributed by atoms with Crippen molar-refractivity contribution < 1.29 is 69.0 Å². The van der Waals surface area contributed by atoms with Gasteiger partial charge in [-0.3, -0.25) is 4.79 Å². The highest BCUT2D eigenvalue weighted by Gasteiger charge is 2.47. The number of allylic oxidation sites excluding steroid dienone is 9. The second-order valence-corrected chi connectivity index (χ2v) is 13.7. The first-order valence-electron chi connectivity index (χ1n) is 19.9. The summed E-state index contributed by atoms with van der Waals surface area (Å²) in [7, 11) is 0. The van der Waals surface area contributed by atoms with Gasteiger partial charge in [-0.05, 0) is 44.9 Å². The fraction of sp³-hybridized carbons (Fsp3) is 0.732. The lowest BCUT2D eigenvalue weighted by atomic mass is 9.98. The van der Waals surface area contributed by atoms with Crippen LogP contribution in [0.4, 0.5) is 0 Å². The van der Waals surface area contributed by atoms with Crippen molar-refractivity contribution in [1.82, 2.24) is 0 Å². The van der Waals surface area contributed by atoms with Gasteiger partial charge in [-0.2, -0.15) is 0 Å². The van der Waals surface area contributed by atoms with Crippen molar-refractivity contribution in [2.45, 2.75) is 158 Å². The second kappa shape index (κ2) is 29.9. The van der Waals surface area contributed by atoms with Gasteiger partial charge in [0.15, 0.2) is 12.6 Å². The number of esters is 1. The molecule has 14 nitrogen and oxygen atoms in total. The summed E-state index contributed by atoms with van der Waals surface area (Å²) in [6.07, 6.45) is 15.2. The lowest BCUT2D eigenvalue weighted by molar-refractivity contribution is -0.332. The molecule has 55 heavy (non-hydrogen) atoms. The molecule has 316 valence electrons. The van der Waals surface area contributed by atoms with E-state index in [1.807, 2.05) is 6.08 Å². The van der Waals surface area contributed by atoms with Crippen molar-refractivity contribution in [2.24, 2.45) is 0 Å². The number of carbonyl (C=O) groups excluding carboxylic acids is 1. The van der Waals surface area contributed by atoms with Gasteiger partial charge < -0.3 is 64.2 Å². The molecule has 0 bridgehead atoms. The van der Waals surface area contributed by atoms with E-state index in [0.717, 1.165) is 57.8 Å². The van der Waals surface area contributed by atoms with Crippen LogP contribution in [0.3, 0.4) is 0 Å². The van der Waals surface area contributed by atoms with Crippen molar-refractivity contribution in [3.63, 3.8) is 0 Å². The molecular weight excluding hydrogens is 716 g/mol. The molecule has 0 aromatic heterocycles. The Morgan fingerprint density at radius 2 is 1.15 bits per heavy atom. The van der Waals surface area contributed by atoms with E-state index in [1.165, 1.54) is 0 Å². The summed E-state index contributed by atoms with van der Waals surface area (Å²) in [5.74, 6) is -0.419. The Bertz CT molecular complexity index is 1140. The Hall–Kier alpha value is -2.31. The van der Waals surface area contributed by atoms with Gasteiger partial charge in [0, 0.05) is 6.42 Å². The molecule has 2 fully saturated rings. The van der Waals surface area contributed by atoms with Crippen LogP contribution in [-0.2, 0) is 33.2 Å². The lowest BCUT2D eigenvalue weighted by Gasteiger charge is -2.42. The standard InChI is InChI=1S/C41H68O14/c1-3-5-7-9-10-11-12-13-14-15-16-17-18-19-21-23-25-50-27-30(53-33(43)24-22-20-8-6-4-2)28-51-40-39(49)37(47)35(45)32(55-40)29-52-41-38(48)36(46)34(44)31(26-42)54-41/h5,7,10-11,13-14,16-17,19,21,30-32,34-42,44-49H,3-4,6,8-9,12,15,18,20,22-29H2,1-2H3/b7-5-,11-10-,14-13-,17-16-,21-19-. The first-order valence-corrected chi connectivity index (χ1v) is 19.9. The average Bonchev–Trinajstić information content (AvgIpc) is 3.18. The molecule has 0 amide bonds. The van der Waals surface area contributed by atoms with Crippen LogP contribution in [0.2, 0.25) is 0 Å². The molecule has 2 aliphatic rings. The number of hydrogen-bond acceptors (Lipinski definition) is 14. The molecule has 11 unspecified atom stereocenters. The largest absolute Gasteiger partial charge is 0.457 e. The van der Waals surface area contributed by atoms with E-state index in [2.05, 4.69) is 68.5 Å².